The van der Waals surface area contributed by atoms with Gasteiger partial charge >= 0.3 is 0 Å². The molecule has 0 aromatic carbocycles. The van der Waals surface area contributed by atoms with Gasteiger partial charge in [0.05, 0.1) is 5.70 Å². The second-order valence-electron chi connectivity index (χ2n) is 4.66. The van der Waals surface area contributed by atoms with Crippen LogP contribution in [0.3, 0.4) is 0 Å². The molecule has 3 rings (SSSR count). The van der Waals surface area contributed by atoms with Crippen LogP contribution in [-0.4, -0.2) is 42.3 Å². The molecule has 16 heavy (non-hydrogen) atoms. The highest BCUT2D eigenvalue weighted by Crippen LogP contribution is 2.39. The number of hydrogen-bond donors (Lipinski definition) is 1. The molecule has 0 fully saturated rings. The van der Waals surface area contributed by atoms with E-state index in [2.05, 4.69) is 11.1 Å². The minimum absolute atomic E-state index is 0.0304. The normalized spacial score (nSPS) is 28.1. The van der Waals surface area contributed by atoms with E-state index in [1.807, 2.05) is 25.1 Å². The summed E-state index contributed by atoms with van der Waals surface area (Å²) in [6.45, 7) is 0.989. The third-order valence-corrected chi connectivity index (χ3v) is 3.61. The molecule has 0 radical (unpaired) electrons. The fraction of sp³-hybridized carbons (Fsp3) is 0.417. The predicted octanol–water partition coefficient (Wildman–Crippen LogP) is 0.199. The van der Waals surface area contributed by atoms with Gasteiger partial charge in [0.25, 0.3) is 0 Å². The molecule has 4 nitrogen and oxygen atoms in total. The Morgan fingerprint density at radius 1 is 1.44 bits per heavy atom. The Labute approximate surface area is 94.7 Å². The molecule has 2 aliphatic heterocycles. The molecular weight excluding hydrogens is 202 g/mol. The monoisotopic (exact) mass is 217 g/mol. The van der Waals surface area contributed by atoms with Crippen LogP contribution in [0, 0.1) is 0 Å². The molecule has 1 unspecified atom stereocenters. The second kappa shape index (κ2) is 2.90. The Balaban J connectivity index is 2.22. The number of carbonyl (C=O) groups is 1. The number of likely N-dealkylation sites (N-methyl/N-ethyl adjacent to an activating group) is 2. The van der Waals surface area contributed by atoms with Crippen molar-refractivity contribution in [2.75, 3.05) is 20.6 Å². The van der Waals surface area contributed by atoms with Gasteiger partial charge in [-0.1, -0.05) is 0 Å². The smallest absolute Gasteiger partial charge is 0.205 e. The number of carbonyl (C=O) groups excluding carboxylic acids is 1. The number of allylic oxidation sites excluding steroid dienone is 1. The van der Waals surface area contributed by atoms with Crippen molar-refractivity contribution in [3.63, 3.8) is 0 Å². The Hall–Kier alpha value is -1.71. The quantitative estimate of drug-likeness (QED) is 0.629. The Morgan fingerprint density at radius 3 is 2.94 bits per heavy atom. The third-order valence-electron chi connectivity index (χ3n) is 3.61. The maximum atomic E-state index is 12.0. The number of rotatable bonds is 0. The highest BCUT2D eigenvalue weighted by molar-refractivity contribution is 6.04. The predicted molar refractivity (Wildman–Crippen MR) is 61.2 cm³/mol. The van der Waals surface area contributed by atoms with Crippen molar-refractivity contribution in [1.82, 2.24) is 9.80 Å². The number of Topliss-reactive ketones (excluding diaryl/α,β-unsaturated/α-hetero) is 1. The first kappa shape index (κ1) is 9.51. The zero-order chi connectivity index (χ0) is 11.4. The van der Waals surface area contributed by atoms with E-state index in [1.165, 1.54) is 5.57 Å². The van der Waals surface area contributed by atoms with Crippen LogP contribution in [0.25, 0.3) is 0 Å². The maximum absolute atomic E-state index is 12.0. The summed E-state index contributed by atoms with van der Waals surface area (Å²) >= 11 is 0. The van der Waals surface area contributed by atoms with E-state index >= 15 is 0 Å². The average molecular weight is 217 g/mol. The van der Waals surface area contributed by atoms with Crippen LogP contribution < -0.4 is 5.73 Å². The summed E-state index contributed by atoms with van der Waals surface area (Å²) in [4.78, 5) is 16.2. The molecule has 3 aliphatic rings. The second-order valence-corrected chi connectivity index (χ2v) is 4.66. The Bertz CT molecular complexity index is 473. The summed E-state index contributed by atoms with van der Waals surface area (Å²) in [5.74, 6) is 0.0304. The molecule has 0 aromatic rings. The molecule has 0 amide bonds. The van der Waals surface area contributed by atoms with Gasteiger partial charge in [-0.05, 0) is 18.1 Å². The minimum atomic E-state index is -0.183. The number of hydrogen-bond acceptors (Lipinski definition) is 4. The SMILES string of the molecule is CN1CCC2=CN(C)C3C(=O)C(N)=CC1=C23. The molecule has 1 atom stereocenters. The molecule has 1 aliphatic carbocycles. The van der Waals surface area contributed by atoms with Gasteiger partial charge in [0, 0.05) is 38.1 Å². The molecular formula is C12H15N3O. The standard InChI is InChI=1S/C12H15N3O/c1-14-4-3-7-6-15(2)11-10(7)9(14)5-8(13)12(11)16/h5-6,11H,3-4,13H2,1-2H3. The third kappa shape index (κ3) is 1.01. The first-order chi connectivity index (χ1) is 7.59. The molecule has 2 N–H and O–H groups in total. The summed E-state index contributed by atoms with van der Waals surface area (Å²) in [6.07, 6.45) is 4.91. The van der Waals surface area contributed by atoms with Gasteiger partial charge in [-0.25, -0.2) is 0 Å². The topological polar surface area (TPSA) is 49.6 Å². The largest absolute Gasteiger partial charge is 0.396 e. The van der Waals surface area contributed by atoms with Crippen molar-refractivity contribution in [2.45, 2.75) is 12.5 Å². The summed E-state index contributed by atoms with van der Waals surface area (Å²) < 4.78 is 0. The van der Waals surface area contributed by atoms with Gasteiger partial charge in [-0.2, -0.15) is 0 Å². The first-order valence-electron chi connectivity index (χ1n) is 5.49. The lowest BCUT2D eigenvalue weighted by Gasteiger charge is -2.34. The number of nitrogens with two attached hydrogens (primary N) is 1. The summed E-state index contributed by atoms with van der Waals surface area (Å²) in [7, 11) is 3.99. The van der Waals surface area contributed by atoms with Crippen LogP contribution in [0.15, 0.2) is 34.8 Å². The van der Waals surface area contributed by atoms with Gasteiger partial charge in [-0.3, -0.25) is 4.79 Å². The molecule has 4 heteroatoms. The van der Waals surface area contributed by atoms with Crippen molar-refractivity contribution in [2.24, 2.45) is 5.73 Å². The van der Waals surface area contributed by atoms with E-state index in [4.69, 9.17) is 5.73 Å². The molecule has 0 aromatic heterocycles. The summed E-state index contributed by atoms with van der Waals surface area (Å²) in [5, 5.41) is 0. The average Bonchev–Trinajstić information content (AvgIpc) is 2.57. The van der Waals surface area contributed by atoms with Gasteiger partial charge in [0.2, 0.25) is 5.78 Å². The first-order valence-corrected chi connectivity index (χ1v) is 5.49. The highest BCUT2D eigenvalue weighted by Gasteiger charge is 2.41. The van der Waals surface area contributed by atoms with E-state index in [0.29, 0.717) is 5.70 Å². The molecule has 84 valence electrons. The zero-order valence-electron chi connectivity index (χ0n) is 9.53. The summed E-state index contributed by atoms with van der Waals surface area (Å²) in [6, 6.07) is -0.183. The van der Waals surface area contributed by atoms with E-state index in [-0.39, 0.29) is 11.8 Å². The van der Waals surface area contributed by atoms with Crippen LogP contribution in [0.2, 0.25) is 0 Å². The van der Waals surface area contributed by atoms with Crippen LogP contribution in [0.1, 0.15) is 6.42 Å². The number of ketones is 1. The highest BCUT2D eigenvalue weighted by atomic mass is 16.1. The van der Waals surface area contributed by atoms with Gasteiger partial charge in [0.1, 0.15) is 6.04 Å². The van der Waals surface area contributed by atoms with Crippen LogP contribution in [0.5, 0.6) is 0 Å². The lowest BCUT2D eigenvalue weighted by atomic mass is 9.86. The van der Waals surface area contributed by atoms with Crippen LogP contribution in [0.4, 0.5) is 0 Å². The lowest BCUT2D eigenvalue weighted by molar-refractivity contribution is -0.118. The van der Waals surface area contributed by atoms with E-state index in [1.54, 1.807) is 0 Å². The van der Waals surface area contributed by atoms with Crippen molar-refractivity contribution in [3.8, 4) is 0 Å². The van der Waals surface area contributed by atoms with Gasteiger partial charge in [0.15, 0.2) is 0 Å². The number of nitrogens with zero attached hydrogens (tertiary/aromatic N) is 2. The van der Waals surface area contributed by atoms with Crippen molar-refractivity contribution < 1.29 is 4.79 Å². The van der Waals surface area contributed by atoms with Crippen molar-refractivity contribution >= 4 is 5.78 Å². The molecule has 0 bridgehead atoms. The Morgan fingerprint density at radius 2 is 2.19 bits per heavy atom. The van der Waals surface area contributed by atoms with E-state index < -0.39 is 0 Å². The van der Waals surface area contributed by atoms with Crippen LogP contribution >= 0.6 is 0 Å². The van der Waals surface area contributed by atoms with E-state index in [9.17, 15) is 4.79 Å². The van der Waals surface area contributed by atoms with Gasteiger partial charge in [-0.15, -0.1) is 0 Å². The molecule has 0 saturated carbocycles. The van der Waals surface area contributed by atoms with Gasteiger partial charge < -0.3 is 15.5 Å². The molecule has 2 heterocycles. The fourth-order valence-corrected chi connectivity index (χ4v) is 2.77. The summed E-state index contributed by atoms with van der Waals surface area (Å²) in [5.41, 5.74) is 9.74. The Kier molecular flexibility index (Phi) is 1.73. The maximum Gasteiger partial charge on any atom is 0.205 e. The fourth-order valence-electron chi connectivity index (χ4n) is 2.77. The van der Waals surface area contributed by atoms with Crippen LogP contribution in [-0.2, 0) is 4.79 Å². The molecule has 0 saturated heterocycles. The van der Waals surface area contributed by atoms with Crippen molar-refractivity contribution in [3.05, 3.63) is 34.8 Å². The molecule has 0 spiro atoms. The lowest BCUT2D eigenvalue weighted by Crippen LogP contribution is -2.41. The van der Waals surface area contributed by atoms with Crippen molar-refractivity contribution in [1.29, 1.82) is 0 Å². The minimum Gasteiger partial charge on any atom is -0.396 e. The zero-order valence-corrected chi connectivity index (χ0v) is 9.53. The van der Waals surface area contributed by atoms with E-state index in [0.717, 1.165) is 24.2 Å².